The maximum Gasteiger partial charge on any atom is 0.258 e. The minimum absolute atomic E-state index is 0.0715. The number of amides is 1. The Kier molecular flexibility index (Phi) is 3.89. The molecule has 0 atom stereocenters. The van der Waals surface area contributed by atoms with Crippen molar-refractivity contribution in [3.8, 4) is 0 Å². The van der Waals surface area contributed by atoms with Gasteiger partial charge in [-0.3, -0.25) is 4.79 Å². The molecule has 2 nitrogen and oxygen atoms in total. The highest BCUT2D eigenvalue weighted by Gasteiger charge is 2.25. The fraction of sp³-hybridized carbons (Fsp3) is 0.133. The maximum atomic E-state index is 12.9. The topological polar surface area (TPSA) is 20.3 Å². The largest absolute Gasteiger partial charge is 0.302 e. The van der Waals surface area contributed by atoms with E-state index in [1.54, 1.807) is 28.0 Å². The number of halogens is 1. The van der Waals surface area contributed by atoms with Gasteiger partial charge in [0.15, 0.2) is 0 Å². The van der Waals surface area contributed by atoms with Gasteiger partial charge in [-0.05, 0) is 41.8 Å². The summed E-state index contributed by atoms with van der Waals surface area (Å²) in [5, 5.41) is 2.97. The first kappa shape index (κ1) is 13.4. The number of thioether (sulfide) groups is 1. The monoisotopic (exact) mass is 305 g/mol. The molecule has 0 spiro atoms. The molecule has 0 radical (unpaired) electrons. The van der Waals surface area contributed by atoms with Crippen molar-refractivity contribution in [3.63, 3.8) is 0 Å². The van der Waals surface area contributed by atoms with Crippen LogP contribution in [0.3, 0.4) is 0 Å². The Labute approximate surface area is 124 Å². The lowest BCUT2D eigenvalue weighted by atomic mass is 10.2. The fourth-order valence-corrected chi connectivity index (χ4v) is 3.74. The number of carbonyl (C=O) groups is 1. The summed E-state index contributed by atoms with van der Waals surface area (Å²) < 4.78 is 12.9. The van der Waals surface area contributed by atoms with Gasteiger partial charge in [-0.25, -0.2) is 4.39 Å². The summed E-state index contributed by atoms with van der Waals surface area (Å²) in [4.78, 5) is 15.3. The van der Waals surface area contributed by atoms with Gasteiger partial charge in [0.05, 0.1) is 5.03 Å². The molecule has 0 bridgehead atoms. The minimum atomic E-state index is -0.327. The molecule has 5 heteroatoms. The van der Waals surface area contributed by atoms with Crippen molar-refractivity contribution in [2.45, 2.75) is 0 Å². The van der Waals surface area contributed by atoms with E-state index in [1.165, 1.54) is 24.3 Å². The first-order valence-electron chi connectivity index (χ1n) is 6.19. The van der Waals surface area contributed by atoms with Crippen LogP contribution in [0.2, 0.25) is 0 Å². The number of hydrogen-bond acceptors (Lipinski definition) is 3. The lowest BCUT2D eigenvalue weighted by Crippen LogP contribution is -2.26. The van der Waals surface area contributed by atoms with Crippen LogP contribution in [0.25, 0.3) is 6.08 Å². The molecule has 2 heterocycles. The Morgan fingerprint density at radius 2 is 2.05 bits per heavy atom. The average molecular weight is 305 g/mol. The first-order chi connectivity index (χ1) is 9.74. The third-order valence-corrected chi connectivity index (χ3v) is 4.82. The summed E-state index contributed by atoms with van der Waals surface area (Å²) in [5.74, 6) is 0.494. The molecule has 0 aliphatic carbocycles. The third-order valence-electron chi connectivity index (χ3n) is 2.98. The van der Waals surface area contributed by atoms with Crippen LogP contribution in [0, 0.1) is 5.82 Å². The molecule has 1 aromatic heterocycles. The SMILES string of the molecule is O=C(c1ccc(F)cc1)N1CCS/C1=C/c1cccs1. The summed E-state index contributed by atoms with van der Waals surface area (Å²) in [5.41, 5.74) is 0.519. The molecule has 0 saturated carbocycles. The Bertz CT molecular complexity index is 634. The van der Waals surface area contributed by atoms with Crippen molar-refractivity contribution in [2.24, 2.45) is 0 Å². The number of rotatable bonds is 2. The van der Waals surface area contributed by atoms with E-state index in [0.717, 1.165) is 15.7 Å². The zero-order valence-electron chi connectivity index (χ0n) is 10.6. The zero-order chi connectivity index (χ0) is 13.9. The number of carbonyl (C=O) groups excluding carboxylic acids is 1. The second kappa shape index (κ2) is 5.81. The highest BCUT2D eigenvalue weighted by Crippen LogP contribution is 2.32. The van der Waals surface area contributed by atoms with Crippen LogP contribution in [0.15, 0.2) is 46.8 Å². The van der Waals surface area contributed by atoms with Gasteiger partial charge >= 0.3 is 0 Å². The molecule has 1 amide bonds. The Morgan fingerprint density at radius 3 is 2.75 bits per heavy atom. The maximum absolute atomic E-state index is 12.9. The molecule has 1 aliphatic rings. The van der Waals surface area contributed by atoms with Crippen LogP contribution >= 0.6 is 23.1 Å². The number of nitrogens with zero attached hydrogens (tertiary/aromatic N) is 1. The van der Waals surface area contributed by atoms with Gasteiger partial charge in [-0.15, -0.1) is 23.1 Å². The predicted molar refractivity (Wildman–Crippen MR) is 82.2 cm³/mol. The molecule has 1 saturated heterocycles. The van der Waals surface area contributed by atoms with Crippen LogP contribution in [-0.2, 0) is 0 Å². The zero-order valence-corrected chi connectivity index (χ0v) is 12.2. The Hall–Kier alpha value is -1.59. The summed E-state index contributed by atoms with van der Waals surface area (Å²) in [7, 11) is 0. The summed E-state index contributed by atoms with van der Waals surface area (Å²) in [6, 6.07) is 9.71. The molecule has 3 rings (SSSR count). The van der Waals surface area contributed by atoms with Gasteiger partial charge in [0.25, 0.3) is 5.91 Å². The highest BCUT2D eigenvalue weighted by molar-refractivity contribution is 8.03. The van der Waals surface area contributed by atoms with Crippen LogP contribution < -0.4 is 0 Å². The lowest BCUT2D eigenvalue weighted by molar-refractivity contribution is 0.0831. The molecular weight excluding hydrogens is 293 g/mol. The highest BCUT2D eigenvalue weighted by atomic mass is 32.2. The van der Waals surface area contributed by atoms with E-state index in [4.69, 9.17) is 0 Å². The van der Waals surface area contributed by atoms with Crippen LogP contribution in [0.1, 0.15) is 15.2 Å². The van der Waals surface area contributed by atoms with Gasteiger partial charge in [-0.1, -0.05) is 6.07 Å². The standard InChI is InChI=1S/C15H12FNOS2/c16-12-5-3-11(4-6-12)15(18)17-7-9-20-14(17)10-13-2-1-8-19-13/h1-6,8,10H,7,9H2/b14-10+. The molecule has 20 heavy (non-hydrogen) atoms. The van der Waals surface area contributed by atoms with E-state index in [-0.39, 0.29) is 11.7 Å². The van der Waals surface area contributed by atoms with Crippen molar-refractivity contribution in [1.82, 2.24) is 4.90 Å². The number of benzene rings is 1. The second-order valence-electron chi connectivity index (χ2n) is 4.31. The van der Waals surface area contributed by atoms with Crippen molar-refractivity contribution < 1.29 is 9.18 Å². The van der Waals surface area contributed by atoms with E-state index < -0.39 is 0 Å². The van der Waals surface area contributed by atoms with Gasteiger partial charge in [0.1, 0.15) is 5.82 Å². The summed E-state index contributed by atoms with van der Waals surface area (Å²) in [6.07, 6.45) is 2.03. The lowest BCUT2D eigenvalue weighted by Gasteiger charge is -2.16. The quantitative estimate of drug-likeness (QED) is 0.833. The fourth-order valence-electron chi connectivity index (χ4n) is 1.99. The smallest absolute Gasteiger partial charge is 0.258 e. The van der Waals surface area contributed by atoms with Crippen molar-refractivity contribution in [2.75, 3.05) is 12.3 Å². The Morgan fingerprint density at radius 1 is 1.25 bits per heavy atom. The van der Waals surface area contributed by atoms with Crippen LogP contribution in [0.4, 0.5) is 4.39 Å². The molecular formula is C15H12FNOS2. The molecule has 1 fully saturated rings. The van der Waals surface area contributed by atoms with Gasteiger partial charge < -0.3 is 4.90 Å². The van der Waals surface area contributed by atoms with Gasteiger partial charge in [0.2, 0.25) is 0 Å². The van der Waals surface area contributed by atoms with Gasteiger partial charge in [0, 0.05) is 22.7 Å². The number of hydrogen-bond donors (Lipinski definition) is 0. The molecule has 102 valence electrons. The van der Waals surface area contributed by atoms with Crippen molar-refractivity contribution >= 4 is 35.1 Å². The Balaban J connectivity index is 1.85. The van der Waals surface area contributed by atoms with Crippen molar-refractivity contribution in [3.05, 3.63) is 63.1 Å². The van der Waals surface area contributed by atoms with Crippen LogP contribution in [-0.4, -0.2) is 23.1 Å². The number of thiophene rings is 1. The van der Waals surface area contributed by atoms with E-state index >= 15 is 0 Å². The molecule has 0 N–H and O–H groups in total. The first-order valence-corrected chi connectivity index (χ1v) is 8.06. The third kappa shape index (κ3) is 2.78. The van der Waals surface area contributed by atoms with Crippen molar-refractivity contribution in [1.29, 1.82) is 0 Å². The van der Waals surface area contributed by atoms with Gasteiger partial charge in [-0.2, -0.15) is 0 Å². The van der Waals surface area contributed by atoms with E-state index in [1.807, 2.05) is 23.6 Å². The molecule has 2 aromatic rings. The molecule has 0 unspecified atom stereocenters. The van der Waals surface area contributed by atoms with E-state index in [0.29, 0.717) is 12.1 Å². The summed E-state index contributed by atoms with van der Waals surface area (Å²) in [6.45, 7) is 0.693. The normalized spacial score (nSPS) is 16.9. The summed E-state index contributed by atoms with van der Waals surface area (Å²) >= 11 is 3.32. The average Bonchev–Trinajstić information content (AvgIpc) is 3.11. The van der Waals surface area contributed by atoms with E-state index in [2.05, 4.69) is 0 Å². The molecule has 1 aliphatic heterocycles. The van der Waals surface area contributed by atoms with Crippen LogP contribution in [0.5, 0.6) is 0 Å². The molecule has 1 aromatic carbocycles. The second-order valence-corrected chi connectivity index (χ2v) is 6.40. The van der Waals surface area contributed by atoms with E-state index in [9.17, 15) is 9.18 Å². The predicted octanol–water partition coefficient (Wildman–Crippen LogP) is 4.07. The minimum Gasteiger partial charge on any atom is -0.302 e.